The topological polar surface area (TPSA) is 75.9 Å². The lowest BCUT2D eigenvalue weighted by Gasteiger charge is -2.32. The minimum atomic E-state index is -0.354. The smallest absolute Gasteiger partial charge is 0.332 e. The van der Waals surface area contributed by atoms with Crippen molar-refractivity contribution in [2.24, 2.45) is 14.1 Å². The molecule has 0 aromatic carbocycles. The molecule has 2 aromatic heterocycles. The van der Waals surface area contributed by atoms with Crippen molar-refractivity contribution in [3.05, 3.63) is 20.8 Å². The first-order valence-electron chi connectivity index (χ1n) is 6.93. The van der Waals surface area contributed by atoms with E-state index in [0.717, 1.165) is 24.0 Å². The van der Waals surface area contributed by atoms with Gasteiger partial charge in [-0.2, -0.15) is 4.98 Å². The van der Waals surface area contributed by atoms with Crippen molar-refractivity contribution in [1.82, 2.24) is 19.1 Å². The maximum atomic E-state index is 12.1. The predicted molar refractivity (Wildman–Crippen MR) is 77.2 cm³/mol. The van der Waals surface area contributed by atoms with Gasteiger partial charge in [0.25, 0.3) is 5.56 Å². The Morgan fingerprint density at radius 2 is 1.95 bits per heavy atom. The summed E-state index contributed by atoms with van der Waals surface area (Å²) in [6.07, 6.45) is 3.46. The fraction of sp³-hybridized carbons (Fsp3) is 0.615. The average molecular weight is 277 g/mol. The zero-order valence-electron chi connectivity index (χ0n) is 12.0. The predicted octanol–water partition coefficient (Wildman–Crippen LogP) is 0.339. The van der Waals surface area contributed by atoms with E-state index < -0.39 is 0 Å². The lowest BCUT2D eigenvalue weighted by atomic mass is 10.0. The van der Waals surface area contributed by atoms with Crippen molar-refractivity contribution in [2.45, 2.75) is 32.2 Å². The maximum Gasteiger partial charge on any atom is 0.332 e. The molecule has 1 aliphatic heterocycles. The number of piperidine rings is 1. The molecule has 0 amide bonds. The van der Waals surface area contributed by atoms with E-state index in [1.54, 1.807) is 7.05 Å². The second kappa shape index (κ2) is 4.50. The van der Waals surface area contributed by atoms with E-state index >= 15 is 0 Å². The molecule has 2 aromatic rings. The Hall–Kier alpha value is -2.05. The van der Waals surface area contributed by atoms with Crippen LogP contribution in [0.15, 0.2) is 9.59 Å². The summed E-state index contributed by atoms with van der Waals surface area (Å²) in [7, 11) is 3.11. The molecule has 1 saturated heterocycles. The highest BCUT2D eigenvalue weighted by atomic mass is 16.2. The van der Waals surface area contributed by atoms with E-state index in [9.17, 15) is 9.59 Å². The number of nitrogens with zero attached hydrogens (tertiary/aromatic N) is 4. The standard InChI is InChI=1S/C13H19N5O2/c1-8-6-4-5-7-18(8)12-14-9-10(15-12)16(2)13(20)17(3)11(9)19/h8H,4-7H2,1-3H3,(H,14,15)/t8-/m1/s1. The number of anilines is 1. The van der Waals surface area contributed by atoms with Gasteiger partial charge in [0.15, 0.2) is 11.2 Å². The number of nitrogens with one attached hydrogen (secondary N) is 1. The summed E-state index contributed by atoms with van der Waals surface area (Å²) in [5, 5.41) is 0. The first-order chi connectivity index (χ1) is 9.50. The van der Waals surface area contributed by atoms with Crippen molar-refractivity contribution in [2.75, 3.05) is 11.4 Å². The van der Waals surface area contributed by atoms with Gasteiger partial charge >= 0.3 is 5.69 Å². The molecule has 0 bridgehead atoms. The van der Waals surface area contributed by atoms with Gasteiger partial charge < -0.3 is 9.88 Å². The fourth-order valence-electron chi connectivity index (χ4n) is 2.86. The Balaban J connectivity index is 2.21. The van der Waals surface area contributed by atoms with Crippen LogP contribution in [0.2, 0.25) is 0 Å². The molecule has 1 aliphatic rings. The number of fused-ring (bicyclic) bond motifs is 1. The maximum absolute atomic E-state index is 12.1. The lowest BCUT2D eigenvalue weighted by molar-refractivity contribution is 0.478. The van der Waals surface area contributed by atoms with Crippen LogP contribution in [0.25, 0.3) is 11.2 Å². The Labute approximate surface area is 115 Å². The van der Waals surface area contributed by atoms with E-state index in [0.29, 0.717) is 23.2 Å². The van der Waals surface area contributed by atoms with Crippen molar-refractivity contribution >= 4 is 17.1 Å². The van der Waals surface area contributed by atoms with Crippen molar-refractivity contribution < 1.29 is 0 Å². The number of H-pyrrole nitrogens is 1. The minimum Gasteiger partial charge on any atom is -0.340 e. The van der Waals surface area contributed by atoms with Crippen LogP contribution in [0.3, 0.4) is 0 Å². The molecule has 0 radical (unpaired) electrons. The Kier molecular flexibility index (Phi) is 2.92. The molecule has 108 valence electrons. The monoisotopic (exact) mass is 277 g/mol. The van der Waals surface area contributed by atoms with E-state index in [2.05, 4.69) is 21.8 Å². The quantitative estimate of drug-likeness (QED) is 0.815. The zero-order valence-corrected chi connectivity index (χ0v) is 12.0. The summed E-state index contributed by atoms with van der Waals surface area (Å²) in [6.45, 7) is 3.08. The van der Waals surface area contributed by atoms with Gasteiger partial charge in [-0.05, 0) is 26.2 Å². The molecule has 1 fully saturated rings. The minimum absolute atomic E-state index is 0.327. The first-order valence-corrected chi connectivity index (χ1v) is 6.93. The molecule has 7 heteroatoms. The number of hydrogen-bond donors (Lipinski definition) is 1. The Morgan fingerprint density at radius 1 is 1.20 bits per heavy atom. The number of hydrogen-bond acceptors (Lipinski definition) is 4. The van der Waals surface area contributed by atoms with Gasteiger partial charge in [-0.25, -0.2) is 4.79 Å². The van der Waals surface area contributed by atoms with Crippen LogP contribution >= 0.6 is 0 Å². The summed E-state index contributed by atoms with van der Waals surface area (Å²) in [5.41, 5.74) is 0.131. The molecule has 1 atom stereocenters. The molecular weight excluding hydrogens is 258 g/mol. The SMILES string of the molecule is C[C@@H]1CCCCN1c1nc2c([nH]1)c(=O)n(C)c(=O)n2C. The summed E-state index contributed by atoms with van der Waals surface area (Å²) < 4.78 is 2.51. The van der Waals surface area contributed by atoms with Crippen LogP contribution in [0.4, 0.5) is 5.95 Å². The van der Waals surface area contributed by atoms with Crippen LogP contribution in [-0.4, -0.2) is 31.7 Å². The number of imidazole rings is 1. The van der Waals surface area contributed by atoms with E-state index in [1.807, 2.05) is 0 Å². The molecule has 3 heterocycles. The van der Waals surface area contributed by atoms with Gasteiger partial charge in [-0.3, -0.25) is 13.9 Å². The second-order valence-electron chi connectivity index (χ2n) is 5.50. The summed E-state index contributed by atoms with van der Waals surface area (Å²) >= 11 is 0. The number of rotatable bonds is 1. The van der Waals surface area contributed by atoms with Crippen LogP contribution in [0.5, 0.6) is 0 Å². The third-order valence-corrected chi connectivity index (χ3v) is 4.16. The van der Waals surface area contributed by atoms with Crippen LogP contribution in [0, 0.1) is 0 Å². The van der Waals surface area contributed by atoms with Crippen LogP contribution in [-0.2, 0) is 14.1 Å². The molecular formula is C13H19N5O2. The summed E-state index contributed by atoms with van der Waals surface area (Å²) in [5.74, 6) is 0.686. The van der Waals surface area contributed by atoms with Gasteiger partial charge in [-0.1, -0.05) is 0 Å². The third-order valence-electron chi connectivity index (χ3n) is 4.16. The molecule has 3 rings (SSSR count). The highest BCUT2D eigenvalue weighted by molar-refractivity contribution is 5.73. The van der Waals surface area contributed by atoms with Crippen LogP contribution in [0.1, 0.15) is 26.2 Å². The molecule has 0 aliphatic carbocycles. The van der Waals surface area contributed by atoms with Gasteiger partial charge in [0, 0.05) is 26.7 Å². The Bertz CT molecular complexity index is 769. The number of aromatic amines is 1. The fourth-order valence-corrected chi connectivity index (χ4v) is 2.86. The molecule has 0 spiro atoms. The van der Waals surface area contributed by atoms with E-state index in [-0.39, 0.29) is 11.2 Å². The number of aryl methyl sites for hydroxylation is 1. The molecule has 1 N–H and O–H groups in total. The Morgan fingerprint density at radius 3 is 2.65 bits per heavy atom. The number of aromatic nitrogens is 4. The zero-order chi connectivity index (χ0) is 14.4. The lowest BCUT2D eigenvalue weighted by Crippen LogP contribution is -2.38. The molecule has 20 heavy (non-hydrogen) atoms. The normalized spacial score (nSPS) is 19.8. The van der Waals surface area contributed by atoms with Crippen molar-refractivity contribution in [3.8, 4) is 0 Å². The van der Waals surface area contributed by atoms with E-state index in [4.69, 9.17) is 0 Å². The first kappa shape index (κ1) is 13.0. The van der Waals surface area contributed by atoms with Gasteiger partial charge in [0.2, 0.25) is 5.95 Å². The van der Waals surface area contributed by atoms with E-state index in [1.165, 1.54) is 18.0 Å². The van der Waals surface area contributed by atoms with Gasteiger partial charge in [-0.15, -0.1) is 0 Å². The van der Waals surface area contributed by atoms with Gasteiger partial charge in [0.05, 0.1) is 0 Å². The molecule has 0 unspecified atom stereocenters. The highest BCUT2D eigenvalue weighted by Crippen LogP contribution is 2.23. The van der Waals surface area contributed by atoms with Gasteiger partial charge in [0.1, 0.15) is 0 Å². The van der Waals surface area contributed by atoms with Crippen molar-refractivity contribution in [1.29, 1.82) is 0 Å². The molecule has 0 saturated carbocycles. The molecule has 7 nitrogen and oxygen atoms in total. The third kappa shape index (κ3) is 1.76. The second-order valence-corrected chi connectivity index (χ2v) is 5.50. The summed E-state index contributed by atoms with van der Waals surface area (Å²) in [4.78, 5) is 33.8. The summed E-state index contributed by atoms with van der Waals surface area (Å²) in [6, 6.07) is 0.394. The largest absolute Gasteiger partial charge is 0.340 e. The van der Waals surface area contributed by atoms with Crippen molar-refractivity contribution in [3.63, 3.8) is 0 Å². The van der Waals surface area contributed by atoms with Crippen LogP contribution < -0.4 is 16.1 Å². The highest BCUT2D eigenvalue weighted by Gasteiger charge is 2.23. The average Bonchev–Trinajstić information content (AvgIpc) is 2.88.